The Balaban J connectivity index is 1.68. The van der Waals surface area contributed by atoms with Crippen molar-refractivity contribution in [3.63, 3.8) is 0 Å². The van der Waals surface area contributed by atoms with E-state index in [0.29, 0.717) is 5.56 Å². The summed E-state index contributed by atoms with van der Waals surface area (Å²) < 4.78 is 38.1. The van der Waals surface area contributed by atoms with E-state index in [-0.39, 0.29) is 38.1 Å². The number of ether oxygens (including phenoxy) is 2. The lowest BCUT2D eigenvalue weighted by Gasteiger charge is -2.33. The summed E-state index contributed by atoms with van der Waals surface area (Å²) in [6.07, 6.45) is -0.565. The minimum absolute atomic E-state index is 0.00408. The van der Waals surface area contributed by atoms with Crippen LogP contribution in [0.5, 0.6) is 0 Å². The van der Waals surface area contributed by atoms with Crippen molar-refractivity contribution in [2.24, 2.45) is 5.92 Å². The first kappa shape index (κ1) is 29.8. The molecule has 11 heteroatoms. The van der Waals surface area contributed by atoms with E-state index in [9.17, 15) is 23.2 Å². The number of alkyl halides is 2. The third kappa shape index (κ3) is 9.81. The largest absolute Gasteiger partial charge is 0.445 e. The Labute approximate surface area is 227 Å². The van der Waals surface area contributed by atoms with Crippen LogP contribution in [-0.2, 0) is 20.9 Å². The maximum atomic E-state index is 13.8. The van der Waals surface area contributed by atoms with Crippen LogP contribution >= 0.6 is 0 Å². The highest BCUT2D eigenvalue weighted by atomic mass is 19.3. The van der Waals surface area contributed by atoms with Crippen molar-refractivity contribution in [2.45, 2.75) is 83.6 Å². The van der Waals surface area contributed by atoms with Crippen LogP contribution in [0.15, 0.2) is 48.7 Å². The van der Waals surface area contributed by atoms with Gasteiger partial charge in [-0.1, -0.05) is 30.3 Å². The van der Waals surface area contributed by atoms with Gasteiger partial charge in [0.1, 0.15) is 24.1 Å². The summed E-state index contributed by atoms with van der Waals surface area (Å²) in [6, 6.07) is 10.7. The lowest BCUT2D eigenvalue weighted by Crippen LogP contribution is -2.50. The molecule has 1 aliphatic carbocycles. The average molecular weight is 547 g/mol. The Kier molecular flexibility index (Phi) is 9.82. The first-order chi connectivity index (χ1) is 18.3. The number of amides is 3. The molecule has 39 heavy (non-hydrogen) atoms. The van der Waals surface area contributed by atoms with Crippen molar-refractivity contribution in [3.8, 4) is 0 Å². The van der Waals surface area contributed by atoms with Crippen molar-refractivity contribution in [1.82, 2.24) is 15.6 Å². The number of rotatable bonds is 8. The fourth-order valence-corrected chi connectivity index (χ4v) is 4.24. The van der Waals surface area contributed by atoms with E-state index < -0.39 is 47.6 Å². The van der Waals surface area contributed by atoms with Crippen molar-refractivity contribution in [1.29, 1.82) is 0 Å². The second-order valence-electron chi connectivity index (χ2n) is 10.7. The molecule has 3 amide bonds. The van der Waals surface area contributed by atoms with Crippen molar-refractivity contribution in [3.05, 3.63) is 59.8 Å². The first-order valence-electron chi connectivity index (χ1n) is 12.9. The van der Waals surface area contributed by atoms with E-state index in [1.165, 1.54) is 6.20 Å². The van der Waals surface area contributed by atoms with E-state index in [4.69, 9.17) is 9.47 Å². The molecule has 0 spiro atoms. The monoisotopic (exact) mass is 546 g/mol. The van der Waals surface area contributed by atoms with Crippen molar-refractivity contribution in [2.75, 3.05) is 5.32 Å². The van der Waals surface area contributed by atoms with Crippen LogP contribution in [-0.4, -0.2) is 40.6 Å². The van der Waals surface area contributed by atoms with Gasteiger partial charge in [0.2, 0.25) is 11.8 Å². The smallest absolute Gasteiger partial charge is 0.408 e. The molecule has 0 bridgehead atoms. The second kappa shape index (κ2) is 12.9. The number of nitrogens with zero attached hydrogens (tertiary/aromatic N) is 1. The Morgan fingerprint density at radius 3 is 2.36 bits per heavy atom. The summed E-state index contributed by atoms with van der Waals surface area (Å²) >= 11 is 0. The van der Waals surface area contributed by atoms with Gasteiger partial charge in [0.15, 0.2) is 0 Å². The molecular formula is C28H36F2N4O5. The predicted octanol–water partition coefficient (Wildman–Crippen LogP) is 5.73. The molecule has 0 saturated heterocycles. The van der Waals surface area contributed by atoms with E-state index in [2.05, 4.69) is 20.9 Å². The molecule has 3 rings (SSSR count). The number of anilines is 1. The number of pyridine rings is 1. The normalized spacial score (nSPS) is 16.9. The number of halogens is 2. The molecule has 9 nitrogen and oxygen atoms in total. The maximum absolute atomic E-state index is 13.8. The number of hydrogen-bond donors (Lipinski definition) is 3. The second-order valence-corrected chi connectivity index (χ2v) is 10.7. The van der Waals surface area contributed by atoms with Crippen LogP contribution in [0.1, 0.15) is 70.5 Å². The van der Waals surface area contributed by atoms with Gasteiger partial charge < -0.3 is 25.4 Å². The molecule has 1 aliphatic rings. The SMILES string of the molecule is C[C@@H](NC(=O)OC(C)(C)C)c1ccnc(NC(=O)[C@H](NC(=O)OCc2ccccc2)C2CCC(F)(F)CC2)c1. The topological polar surface area (TPSA) is 119 Å². The number of alkyl carbamates (subject to hydrolysis) is 2. The Bertz CT molecular complexity index is 1130. The molecule has 1 fully saturated rings. The van der Waals surface area contributed by atoms with E-state index in [0.717, 1.165) is 5.56 Å². The lowest BCUT2D eigenvalue weighted by molar-refractivity contribution is -0.121. The highest BCUT2D eigenvalue weighted by Crippen LogP contribution is 2.37. The zero-order chi connectivity index (χ0) is 28.6. The van der Waals surface area contributed by atoms with Crippen molar-refractivity contribution < 1.29 is 32.6 Å². The maximum Gasteiger partial charge on any atom is 0.408 e. The average Bonchev–Trinajstić information content (AvgIpc) is 2.86. The molecule has 0 unspecified atom stereocenters. The minimum Gasteiger partial charge on any atom is -0.445 e. The summed E-state index contributed by atoms with van der Waals surface area (Å²) in [6.45, 7) is 7.02. The third-order valence-electron chi connectivity index (χ3n) is 6.27. The fourth-order valence-electron chi connectivity index (χ4n) is 4.24. The zero-order valence-electron chi connectivity index (χ0n) is 22.6. The van der Waals surface area contributed by atoms with Crippen LogP contribution in [0.25, 0.3) is 0 Å². The number of benzene rings is 1. The molecule has 3 N–H and O–H groups in total. The minimum atomic E-state index is -2.79. The summed E-state index contributed by atoms with van der Waals surface area (Å²) in [7, 11) is 0. The first-order valence-corrected chi connectivity index (χ1v) is 12.9. The van der Waals surface area contributed by atoms with Gasteiger partial charge in [-0.05, 0) is 69.7 Å². The molecule has 2 aromatic rings. The molecule has 1 aromatic heterocycles. The number of hydrogen-bond acceptors (Lipinski definition) is 6. The van der Waals surface area contributed by atoms with E-state index in [1.807, 2.05) is 6.07 Å². The Morgan fingerprint density at radius 1 is 1.05 bits per heavy atom. The lowest BCUT2D eigenvalue weighted by atomic mass is 9.81. The molecule has 0 radical (unpaired) electrons. The van der Waals surface area contributed by atoms with Gasteiger partial charge in [-0.2, -0.15) is 0 Å². The van der Waals surface area contributed by atoms with Gasteiger partial charge in [0, 0.05) is 19.0 Å². The Hall–Kier alpha value is -3.76. The van der Waals surface area contributed by atoms with Gasteiger partial charge in [-0.25, -0.2) is 23.4 Å². The molecule has 2 atom stereocenters. The van der Waals surface area contributed by atoms with Gasteiger partial charge in [-0.15, -0.1) is 0 Å². The number of carbonyl (C=O) groups excluding carboxylic acids is 3. The molecule has 0 aliphatic heterocycles. The van der Waals surface area contributed by atoms with Crippen LogP contribution in [0.2, 0.25) is 0 Å². The van der Waals surface area contributed by atoms with Gasteiger partial charge in [0.25, 0.3) is 0 Å². The molecule has 1 saturated carbocycles. The predicted molar refractivity (Wildman–Crippen MR) is 141 cm³/mol. The Morgan fingerprint density at radius 2 is 1.72 bits per heavy atom. The van der Waals surface area contributed by atoms with Gasteiger partial charge in [0.05, 0.1) is 6.04 Å². The summed E-state index contributed by atoms with van der Waals surface area (Å²) in [5, 5.41) is 7.97. The van der Waals surface area contributed by atoms with Crippen LogP contribution < -0.4 is 16.0 Å². The van der Waals surface area contributed by atoms with E-state index in [1.54, 1.807) is 64.1 Å². The van der Waals surface area contributed by atoms with Gasteiger partial charge >= 0.3 is 12.2 Å². The molecule has 1 heterocycles. The summed E-state index contributed by atoms with van der Waals surface area (Å²) in [4.78, 5) is 42.2. The fraction of sp³-hybridized carbons (Fsp3) is 0.500. The van der Waals surface area contributed by atoms with Crippen LogP contribution in [0.3, 0.4) is 0 Å². The quantitative estimate of drug-likeness (QED) is 0.389. The van der Waals surface area contributed by atoms with Crippen LogP contribution in [0, 0.1) is 5.92 Å². The highest BCUT2D eigenvalue weighted by molar-refractivity contribution is 5.96. The highest BCUT2D eigenvalue weighted by Gasteiger charge is 2.40. The summed E-state index contributed by atoms with van der Waals surface area (Å²) in [5.41, 5.74) is 0.755. The molecule has 212 valence electrons. The molecular weight excluding hydrogens is 510 g/mol. The number of aromatic nitrogens is 1. The van der Waals surface area contributed by atoms with Crippen molar-refractivity contribution >= 4 is 23.9 Å². The van der Waals surface area contributed by atoms with Gasteiger partial charge in [-0.3, -0.25) is 4.79 Å². The standard InChI is InChI=1S/C28H36F2N4O5/c1-18(32-26(37)39-27(2,3)4)21-12-15-31-22(16-21)33-24(35)23(20-10-13-28(29,30)14-11-20)34-25(36)38-17-19-8-6-5-7-9-19/h5-9,12,15-16,18,20,23H,10-11,13-14,17H2,1-4H3,(H,32,37)(H,34,36)(H,31,33,35)/t18-,23-/m1/s1. The third-order valence-corrected chi connectivity index (χ3v) is 6.27. The number of nitrogens with one attached hydrogen (secondary N) is 3. The van der Waals surface area contributed by atoms with E-state index >= 15 is 0 Å². The summed E-state index contributed by atoms with van der Waals surface area (Å²) in [5.74, 6) is -3.72. The zero-order valence-corrected chi connectivity index (χ0v) is 22.6. The molecule has 1 aromatic carbocycles. The van der Waals surface area contributed by atoms with Crippen LogP contribution in [0.4, 0.5) is 24.2 Å². The number of carbonyl (C=O) groups is 3.